The Hall–Kier alpha value is -1.06. The van der Waals surface area contributed by atoms with Gasteiger partial charge in [-0.3, -0.25) is 9.59 Å². The van der Waals surface area contributed by atoms with Crippen LogP contribution >= 0.6 is 0 Å². The van der Waals surface area contributed by atoms with E-state index in [1.807, 2.05) is 0 Å². The number of hydrogen-bond acceptors (Lipinski definition) is 3. The van der Waals surface area contributed by atoms with Gasteiger partial charge in [0.25, 0.3) is 0 Å². The lowest BCUT2D eigenvalue weighted by molar-refractivity contribution is -0.147. The van der Waals surface area contributed by atoms with Gasteiger partial charge in [0, 0.05) is 12.5 Å². The van der Waals surface area contributed by atoms with Crippen molar-refractivity contribution in [3.05, 3.63) is 0 Å². The summed E-state index contributed by atoms with van der Waals surface area (Å²) in [5, 5.41) is 3.05. The molecule has 2 unspecified atom stereocenters. The zero-order chi connectivity index (χ0) is 15.0. The molecule has 3 atom stereocenters. The van der Waals surface area contributed by atoms with Crippen LogP contribution in [0.2, 0.25) is 0 Å². The number of carbonyl (C=O) groups is 2. The molecular weight excluding hydrogens is 254 g/mol. The van der Waals surface area contributed by atoms with Crippen molar-refractivity contribution < 1.29 is 14.3 Å². The SMILES string of the molecule is CCCC[C@@H](C)CC(=O)NC1CCCCC1C(=O)OC. The molecule has 4 nitrogen and oxygen atoms in total. The summed E-state index contributed by atoms with van der Waals surface area (Å²) in [6.45, 7) is 4.28. The largest absolute Gasteiger partial charge is 0.469 e. The van der Waals surface area contributed by atoms with Gasteiger partial charge in [0.2, 0.25) is 5.91 Å². The number of ether oxygens (including phenoxy) is 1. The van der Waals surface area contributed by atoms with Crippen LogP contribution in [0.25, 0.3) is 0 Å². The first kappa shape index (κ1) is 17.0. The third kappa shape index (κ3) is 5.51. The van der Waals surface area contributed by atoms with E-state index in [-0.39, 0.29) is 23.8 Å². The minimum absolute atomic E-state index is 0.0397. The van der Waals surface area contributed by atoms with E-state index in [2.05, 4.69) is 19.2 Å². The number of methoxy groups -OCH3 is 1. The molecule has 0 aromatic rings. The number of hydrogen-bond donors (Lipinski definition) is 1. The van der Waals surface area contributed by atoms with E-state index < -0.39 is 0 Å². The molecule has 0 spiro atoms. The zero-order valence-electron chi connectivity index (χ0n) is 13.1. The number of nitrogens with one attached hydrogen (secondary N) is 1. The molecule has 0 saturated heterocycles. The molecule has 1 amide bonds. The van der Waals surface area contributed by atoms with E-state index in [9.17, 15) is 9.59 Å². The third-order valence-corrected chi connectivity index (χ3v) is 4.20. The molecule has 116 valence electrons. The van der Waals surface area contributed by atoms with Crippen molar-refractivity contribution in [3.63, 3.8) is 0 Å². The Kier molecular flexibility index (Phi) is 7.63. The van der Waals surface area contributed by atoms with Gasteiger partial charge in [0.15, 0.2) is 0 Å². The second-order valence-electron chi connectivity index (χ2n) is 6.04. The quantitative estimate of drug-likeness (QED) is 0.731. The highest BCUT2D eigenvalue weighted by Gasteiger charge is 2.32. The molecule has 0 aromatic heterocycles. The van der Waals surface area contributed by atoms with Gasteiger partial charge in [-0.05, 0) is 18.8 Å². The Morgan fingerprint density at radius 1 is 1.30 bits per heavy atom. The lowest BCUT2D eigenvalue weighted by Gasteiger charge is -2.30. The van der Waals surface area contributed by atoms with Crippen LogP contribution in [0.1, 0.15) is 65.2 Å². The molecule has 1 fully saturated rings. The van der Waals surface area contributed by atoms with Crippen molar-refractivity contribution >= 4 is 11.9 Å². The highest BCUT2D eigenvalue weighted by atomic mass is 16.5. The van der Waals surface area contributed by atoms with Crippen LogP contribution in [0.5, 0.6) is 0 Å². The summed E-state index contributed by atoms with van der Waals surface area (Å²) in [4.78, 5) is 23.8. The fraction of sp³-hybridized carbons (Fsp3) is 0.875. The van der Waals surface area contributed by atoms with Crippen molar-refractivity contribution in [1.29, 1.82) is 0 Å². The maximum absolute atomic E-state index is 12.1. The summed E-state index contributed by atoms with van der Waals surface area (Å²) >= 11 is 0. The van der Waals surface area contributed by atoms with E-state index in [0.29, 0.717) is 12.3 Å². The maximum Gasteiger partial charge on any atom is 0.310 e. The van der Waals surface area contributed by atoms with Crippen molar-refractivity contribution in [2.24, 2.45) is 11.8 Å². The van der Waals surface area contributed by atoms with Crippen molar-refractivity contribution in [2.75, 3.05) is 7.11 Å². The molecule has 4 heteroatoms. The molecular formula is C16H29NO3. The summed E-state index contributed by atoms with van der Waals surface area (Å²) in [7, 11) is 1.42. The standard InChI is InChI=1S/C16H29NO3/c1-4-5-8-12(2)11-15(18)17-14-10-7-6-9-13(14)16(19)20-3/h12-14H,4-11H2,1-3H3,(H,17,18)/t12-,13?,14?/m1/s1. The van der Waals surface area contributed by atoms with E-state index in [1.54, 1.807) is 0 Å². The minimum atomic E-state index is -0.186. The highest BCUT2D eigenvalue weighted by Crippen LogP contribution is 2.25. The molecule has 1 N–H and O–H groups in total. The van der Waals surface area contributed by atoms with Crippen molar-refractivity contribution in [2.45, 2.75) is 71.3 Å². The van der Waals surface area contributed by atoms with Crippen LogP contribution in [0.4, 0.5) is 0 Å². The van der Waals surface area contributed by atoms with Crippen LogP contribution in [0.15, 0.2) is 0 Å². The maximum atomic E-state index is 12.1. The molecule has 1 saturated carbocycles. The van der Waals surface area contributed by atoms with Crippen LogP contribution < -0.4 is 5.32 Å². The van der Waals surface area contributed by atoms with Gasteiger partial charge in [0.05, 0.1) is 13.0 Å². The molecule has 0 heterocycles. The van der Waals surface area contributed by atoms with Crippen LogP contribution in [0.3, 0.4) is 0 Å². The molecule has 0 radical (unpaired) electrons. The predicted molar refractivity (Wildman–Crippen MR) is 79.2 cm³/mol. The van der Waals surface area contributed by atoms with Gasteiger partial charge < -0.3 is 10.1 Å². The van der Waals surface area contributed by atoms with Gasteiger partial charge in [-0.1, -0.05) is 46.0 Å². The van der Waals surface area contributed by atoms with Crippen molar-refractivity contribution in [1.82, 2.24) is 5.32 Å². The molecule has 0 aromatic carbocycles. The first-order valence-electron chi connectivity index (χ1n) is 7.95. The number of rotatable bonds is 7. The van der Waals surface area contributed by atoms with E-state index in [4.69, 9.17) is 4.74 Å². The Morgan fingerprint density at radius 2 is 2.00 bits per heavy atom. The number of unbranched alkanes of at least 4 members (excludes halogenated alkanes) is 1. The van der Waals surface area contributed by atoms with Gasteiger partial charge >= 0.3 is 5.97 Å². The molecule has 1 aliphatic rings. The second kappa shape index (κ2) is 8.98. The molecule has 1 rings (SSSR count). The summed E-state index contributed by atoms with van der Waals surface area (Å²) in [6.07, 6.45) is 7.81. The Bertz CT molecular complexity index is 317. The third-order valence-electron chi connectivity index (χ3n) is 4.20. The van der Waals surface area contributed by atoms with E-state index in [0.717, 1.165) is 32.1 Å². The van der Waals surface area contributed by atoms with Crippen LogP contribution in [-0.2, 0) is 14.3 Å². The fourth-order valence-electron chi connectivity index (χ4n) is 2.97. The van der Waals surface area contributed by atoms with E-state index in [1.165, 1.54) is 20.0 Å². The summed E-state index contributed by atoms with van der Waals surface area (Å²) in [5.74, 6) is 0.141. The van der Waals surface area contributed by atoms with Gasteiger partial charge in [-0.15, -0.1) is 0 Å². The zero-order valence-corrected chi connectivity index (χ0v) is 13.1. The number of amides is 1. The topological polar surface area (TPSA) is 55.4 Å². The van der Waals surface area contributed by atoms with Gasteiger partial charge in [0.1, 0.15) is 0 Å². The monoisotopic (exact) mass is 283 g/mol. The summed E-state index contributed by atoms with van der Waals surface area (Å²) < 4.78 is 4.85. The predicted octanol–water partition coefficient (Wildman–Crippen LogP) is 3.05. The minimum Gasteiger partial charge on any atom is -0.469 e. The van der Waals surface area contributed by atoms with E-state index >= 15 is 0 Å². The first-order valence-corrected chi connectivity index (χ1v) is 7.95. The Labute approximate surface area is 122 Å². The fourth-order valence-corrected chi connectivity index (χ4v) is 2.97. The van der Waals surface area contributed by atoms with Gasteiger partial charge in [-0.2, -0.15) is 0 Å². The Balaban J connectivity index is 2.43. The average molecular weight is 283 g/mol. The molecule has 1 aliphatic carbocycles. The molecule has 0 bridgehead atoms. The average Bonchev–Trinajstić information content (AvgIpc) is 2.44. The first-order chi connectivity index (χ1) is 9.58. The Morgan fingerprint density at radius 3 is 2.65 bits per heavy atom. The van der Waals surface area contributed by atoms with Crippen LogP contribution in [0, 0.1) is 11.8 Å². The second-order valence-corrected chi connectivity index (χ2v) is 6.04. The van der Waals surface area contributed by atoms with Gasteiger partial charge in [-0.25, -0.2) is 0 Å². The highest BCUT2D eigenvalue weighted by molar-refractivity contribution is 5.78. The lowest BCUT2D eigenvalue weighted by Crippen LogP contribution is -2.45. The van der Waals surface area contributed by atoms with Crippen LogP contribution in [-0.4, -0.2) is 25.0 Å². The number of carbonyl (C=O) groups excluding carboxylic acids is 2. The molecule has 20 heavy (non-hydrogen) atoms. The number of esters is 1. The lowest BCUT2D eigenvalue weighted by atomic mass is 9.84. The van der Waals surface area contributed by atoms with Crippen molar-refractivity contribution in [3.8, 4) is 0 Å². The summed E-state index contributed by atoms with van der Waals surface area (Å²) in [5.41, 5.74) is 0. The molecule has 0 aliphatic heterocycles. The normalized spacial score (nSPS) is 23.9. The smallest absolute Gasteiger partial charge is 0.310 e. The summed E-state index contributed by atoms with van der Waals surface area (Å²) in [6, 6.07) is -0.0397.